The van der Waals surface area contributed by atoms with Gasteiger partial charge in [0.25, 0.3) is 5.69 Å². The molecular formula is C24H24N4O3. The Morgan fingerprint density at radius 3 is 2.35 bits per heavy atom. The molecule has 4 rings (SSSR count). The number of nitrogens with zero attached hydrogens (tertiary/aromatic N) is 4. The first kappa shape index (κ1) is 21.7. The Kier molecular flexibility index (Phi) is 7.11. The van der Waals surface area contributed by atoms with E-state index in [2.05, 4.69) is 10.3 Å². The molecule has 158 valence electrons. The molecule has 0 N–H and O–H groups in total. The summed E-state index contributed by atoms with van der Waals surface area (Å²) in [6, 6.07) is 22.2. The van der Waals surface area contributed by atoms with Crippen LogP contribution < -0.4 is 4.74 Å². The highest BCUT2D eigenvalue weighted by atomic mass is 16.6. The van der Waals surface area contributed by atoms with E-state index in [4.69, 9.17) is 4.74 Å². The van der Waals surface area contributed by atoms with E-state index in [9.17, 15) is 10.1 Å². The maximum absolute atomic E-state index is 10.9. The molecule has 0 radical (unpaired) electrons. The first-order valence-corrected chi connectivity index (χ1v) is 10.0. The summed E-state index contributed by atoms with van der Waals surface area (Å²) < 4.78 is 7.10. The third-order valence-corrected chi connectivity index (χ3v) is 4.66. The summed E-state index contributed by atoms with van der Waals surface area (Å²) in [6.07, 6.45) is 2.50. The lowest BCUT2D eigenvalue weighted by Crippen LogP contribution is -1.98. The van der Waals surface area contributed by atoms with Crippen molar-refractivity contribution in [1.29, 1.82) is 0 Å². The van der Waals surface area contributed by atoms with Crippen molar-refractivity contribution in [2.75, 3.05) is 7.11 Å². The van der Waals surface area contributed by atoms with Gasteiger partial charge in [0, 0.05) is 17.7 Å². The van der Waals surface area contributed by atoms with E-state index in [0.717, 1.165) is 28.1 Å². The molecular weight excluding hydrogens is 392 g/mol. The minimum atomic E-state index is -0.395. The molecule has 0 saturated carbocycles. The number of hydrogen-bond acceptors (Lipinski definition) is 5. The third-order valence-electron chi connectivity index (χ3n) is 4.66. The highest BCUT2D eigenvalue weighted by molar-refractivity contribution is 5.64. The molecule has 0 aliphatic carbocycles. The van der Waals surface area contributed by atoms with Gasteiger partial charge in [0.15, 0.2) is 0 Å². The lowest BCUT2D eigenvalue weighted by atomic mass is 9.98. The predicted molar refractivity (Wildman–Crippen MR) is 121 cm³/mol. The van der Waals surface area contributed by atoms with E-state index in [-0.39, 0.29) is 5.69 Å². The van der Waals surface area contributed by atoms with E-state index in [1.807, 2.05) is 68.6 Å². The van der Waals surface area contributed by atoms with Crippen molar-refractivity contribution < 1.29 is 9.66 Å². The second-order valence-electron chi connectivity index (χ2n) is 6.48. The Balaban J connectivity index is 0.00000132. The first-order chi connectivity index (χ1) is 15.2. The Bertz CT molecular complexity index is 1150. The Morgan fingerprint density at radius 1 is 0.968 bits per heavy atom. The zero-order valence-corrected chi connectivity index (χ0v) is 17.7. The summed E-state index contributed by atoms with van der Waals surface area (Å²) in [5, 5.41) is 19.5. The molecule has 0 aliphatic heterocycles. The standard InChI is InChI=1S/C22H18N4O3.C2H6/c1-29-22-9-5-4-8-21(22)25-15-20(23-24-25)19-7-3-2-6-17(19)14-16-10-12-18(13-11-16)26(27)28;1-2/h2-13,15H,14H2,1H3;1-2H3. The van der Waals surface area contributed by atoms with E-state index in [1.165, 1.54) is 12.1 Å². The zero-order chi connectivity index (χ0) is 22.2. The van der Waals surface area contributed by atoms with Crippen LogP contribution in [-0.4, -0.2) is 27.0 Å². The Hall–Kier alpha value is -4.00. The van der Waals surface area contributed by atoms with Crippen molar-refractivity contribution in [2.45, 2.75) is 20.3 Å². The lowest BCUT2D eigenvalue weighted by molar-refractivity contribution is -0.384. The van der Waals surface area contributed by atoms with E-state index in [1.54, 1.807) is 23.9 Å². The fourth-order valence-corrected chi connectivity index (χ4v) is 3.20. The quantitative estimate of drug-likeness (QED) is 0.307. The number of methoxy groups -OCH3 is 1. The van der Waals surface area contributed by atoms with Gasteiger partial charge in [0.1, 0.15) is 17.1 Å². The molecule has 3 aromatic carbocycles. The zero-order valence-electron chi connectivity index (χ0n) is 17.7. The van der Waals surface area contributed by atoms with Gasteiger partial charge >= 0.3 is 0 Å². The molecule has 1 aromatic heterocycles. The fourth-order valence-electron chi connectivity index (χ4n) is 3.20. The summed E-state index contributed by atoms with van der Waals surface area (Å²) in [5.41, 5.74) is 4.65. The van der Waals surface area contributed by atoms with Crippen LogP contribution >= 0.6 is 0 Å². The van der Waals surface area contributed by atoms with Crippen LogP contribution in [0.15, 0.2) is 79.0 Å². The van der Waals surface area contributed by atoms with Crippen LogP contribution in [0.4, 0.5) is 5.69 Å². The number of non-ortho nitro benzene ring substituents is 1. The predicted octanol–water partition coefficient (Wildman–Crippen LogP) is 5.47. The molecule has 0 saturated heterocycles. The van der Waals surface area contributed by atoms with Crippen LogP contribution in [0.5, 0.6) is 5.75 Å². The van der Waals surface area contributed by atoms with Gasteiger partial charge in [0.2, 0.25) is 0 Å². The third kappa shape index (κ3) is 4.95. The number of hydrogen-bond donors (Lipinski definition) is 0. The minimum absolute atomic E-state index is 0.0850. The van der Waals surface area contributed by atoms with Crippen molar-refractivity contribution in [3.8, 4) is 22.7 Å². The molecule has 0 fully saturated rings. The smallest absolute Gasteiger partial charge is 0.269 e. The molecule has 31 heavy (non-hydrogen) atoms. The van der Waals surface area contributed by atoms with Crippen LogP contribution in [0.3, 0.4) is 0 Å². The van der Waals surface area contributed by atoms with Gasteiger partial charge in [-0.1, -0.05) is 67.6 Å². The number of ether oxygens (including phenoxy) is 1. The summed E-state index contributed by atoms with van der Waals surface area (Å²) in [7, 11) is 1.62. The number of para-hydroxylation sites is 2. The number of nitro groups is 1. The molecule has 0 unspecified atom stereocenters. The minimum Gasteiger partial charge on any atom is -0.494 e. The van der Waals surface area contributed by atoms with Crippen molar-refractivity contribution in [3.05, 3.63) is 100 Å². The maximum Gasteiger partial charge on any atom is 0.269 e. The molecule has 7 heteroatoms. The molecule has 0 bridgehead atoms. The lowest BCUT2D eigenvalue weighted by Gasteiger charge is -2.08. The average Bonchev–Trinajstić information content (AvgIpc) is 3.31. The van der Waals surface area contributed by atoms with Crippen molar-refractivity contribution in [2.24, 2.45) is 0 Å². The normalized spacial score (nSPS) is 10.2. The number of aromatic nitrogens is 3. The Morgan fingerprint density at radius 2 is 1.65 bits per heavy atom. The van der Waals surface area contributed by atoms with Crippen LogP contribution in [0.25, 0.3) is 16.9 Å². The van der Waals surface area contributed by atoms with Gasteiger partial charge < -0.3 is 4.74 Å². The van der Waals surface area contributed by atoms with Gasteiger partial charge in [-0.05, 0) is 29.7 Å². The summed E-state index contributed by atoms with van der Waals surface area (Å²) in [5.74, 6) is 0.711. The second kappa shape index (κ2) is 10.2. The first-order valence-electron chi connectivity index (χ1n) is 10.0. The molecule has 0 atom stereocenters. The van der Waals surface area contributed by atoms with Crippen LogP contribution in [0.1, 0.15) is 25.0 Å². The highest BCUT2D eigenvalue weighted by Gasteiger charge is 2.13. The number of nitro benzene ring substituents is 1. The molecule has 0 amide bonds. The summed E-state index contributed by atoms with van der Waals surface area (Å²) >= 11 is 0. The largest absolute Gasteiger partial charge is 0.494 e. The monoisotopic (exact) mass is 416 g/mol. The number of rotatable bonds is 6. The van der Waals surface area contributed by atoms with Gasteiger partial charge in [0.05, 0.1) is 18.2 Å². The van der Waals surface area contributed by atoms with Gasteiger partial charge in [-0.25, -0.2) is 4.68 Å². The second-order valence-corrected chi connectivity index (χ2v) is 6.48. The van der Waals surface area contributed by atoms with Gasteiger partial charge in [-0.2, -0.15) is 0 Å². The molecule has 0 aliphatic rings. The molecule has 0 spiro atoms. The molecule has 7 nitrogen and oxygen atoms in total. The van der Waals surface area contributed by atoms with E-state index < -0.39 is 4.92 Å². The maximum atomic E-state index is 10.9. The van der Waals surface area contributed by atoms with Crippen LogP contribution in [0, 0.1) is 10.1 Å². The van der Waals surface area contributed by atoms with Crippen LogP contribution in [0.2, 0.25) is 0 Å². The van der Waals surface area contributed by atoms with Crippen molar-refractivity contribution >= 4 is 5.69 Å². The summed E-state index contributed by atoms with van der Waals surface area (Å²) in [4.78, 5) is 10.5. The molecule has 4 aromatic rings. The van der Waals surface area contributed by atoms with E-state index >= 15 is 0 Å². The SMILES string of the molecule is CC.COc1ccccc1-n1cc(-c2ccccc2Cc2ccc([N+](=O)[O-])cc2)nn1. The summed E-state index contributed by atoms with van der Waals surface area (Å²) in [6.45, 7) is 4.00. The Labute approximate surface area is 181 Å². The highest BCUT2D eigenvalue weighted by Crippen LogP contribution is 2.27. The van der Waals surface area contributed by atoms with Gasteiger partial charge in [-0.3, -0.25) is 10.1 Å². The van der Waals surface area contributed by atoms with Crippen LogP contribution in [-0.2, 0) is 6.42 Å². The number of benzene rings is 3. The van der Waals surface area contributed by atoms with Crippen molar-refractivity contribution in [3.63, 3.8) is 0 Å². The average molecular weight is 416 g/mol. The van der Waals surface area contributed by atoms with Gasteiger partial charge in [-0.15, -0.1) is 5.10 Å². The molecule has 1 heterocycles. The van der Waals surface area contributed by atoms with E-state index in [0.29, 0.717) is 12.2 Å². The topological polar surface area (TPSA) is 83.1 Å². The van der Waals surface area contributed by atoms with Crippen molar-refractivity contribution in [1.82, 2.24) is 15.0 Å². The fraction of sp³-hybridized carbons (Fsp3) is 0.167.